The van der Waals surface area contributed by atoms with E-state index < -0.39 is 0 Å². The van der Waals surface area contributed by atoms with Crippen LogP contribution in [0.2, 0.25) is 0 Å². The standard InChI is InChI=1S/C16H24N2O2/c17-9-5-10-18(12-14-6-2-1-3-7-14)16(19)15-8-4-11-20-13-15/h1-3,6-7,15H,4-5,8-13,17H2. The van der Waals surface area contributed by atoms with E-state index in [1.165, 1.54) is 0 Å². The molecule has 1 amide bonds. The van der Waals surface area contributed by atoms with Crippen LogP contribution in [0.15, 0.2) is 30.3 Å². The van der Waals surface area contributed by atoms with Gasteiger partial charge in [-0.15, -0.1) is 0 Å². The first-order valence-corrected chi connectivity index (χ1v) is 7.42. The average Bonchev–Trinajstić information content (AvgIpc) is 2.52. The predicted octanol–water partition coefficient (Wildman–Crippen LogP) is 1.79. The van der Waals surface area contributed by atoms with Crippen LogP contribution in [0, 0.1) is 5.92 Å². The van der Waals surface area contributed by atoms with Gasteiger partial charge in [0.25, 0.3) is 0 Å². The number of hydrogen-bond acceptors (Lipinski definition) is 3. The largest absolute Gasteiger partial charge is 0.381 e. The number of benzene rings is 1. The van der Waals surface area contributed by atoms with E-state index >= 15 is 0 Å². The molecule has 0 aliphatic carbocycles. The highest BCUT2D eigenvalue weighted by Crippen LogP contribution is 2.18. The van der Waals surface area contributed by atoms with Crippen molar-refractivity contribution in [3.05, 3.63) is 35.9 Å². The Kier molecular flexibility index (Phi) is 6.02. The van der Waals surface area contributed by atoms with E-state index in [1.54, 1.807) is 0 Å². The molecule has 1 aliphatic heterocycles. The van der Waals surface area contributed by atoms with Gasteiger partial charge in [0, 0.05) is 19.7 Å². The molecule has 2 N–H and O–H groups in total. The molecule has 1 aromatic carbocycles. The third-order valence-electron chi connectivity index (χ3n) is 3.67. The lowest BCUT2D eigenvalue weighted by atomic mass is 10.00. The summed E-state index contributed by atoms with van der Waals surface area (Å²) in [7, 11) is 0. The highest BCUT2D eigenvalue weighted by Gasteiger charge is 2.26. The molecule has 1 saturated heterocycles. The second-order valence-corrected chi connectivity index (χ2v) is 5.30. The van der Waals surface area contributed by atoms with Crippen LogP contribution in [0.4, 0.5) is 0 Å². The number of nitrogens with zero attached hydrogens (tertiary/aromatic N) is 1. The van der Waals surface area contributed by atoms with E-state index in [4.69, 9.17) is 10.5 Å². The summed E-state index contributed by atoms with van der Waals surface area (Å²) >= 11 is 0. The molecule has 1 atom stereocenters. The van der Waals surface area contributed by atoms with Crippen LogP contribution in [-0.2, 0) is 16.1 Å². The molecule has 4 nitrogen and oxygen atoms in total. The van der Waals surface area contributed by atoms with Crippen LogP contribution in [0.3, 0.4) is 0 Å². The molecule has 0 aromatic heterocycles. The van der Waals surface area contributed by atoms with E-state index in [9.17, 15) is 4.79 Å². The lowest BCUT2D eigenvalue weighted by Gasteiger charge is -2.29. The van der Waals surface area contributed by atoms with E-state index in [0.717, 1.165) is 38.0 Å². The van der Waals surface area contributed by atoms with E-state index in [0.29, 0.717) is 19.7 Å². The number of ether oxygens (including phenoxy) is 1. The first-order chi connectivity index (χ1) is 9.81. The Balaban J connectivity index is 2.00. The van der Waals surface area contributed by atoms with Crippen LogP contribution in [0.1, 0.15) is 24.8 Å². The number of amides is 1. The van der Waals surface area contributed by atoms with Crippen LogP contribution in [-0.4, -0.2) is 37.1 Å². The Morgan fingerprint density at radius 2 is 2.15 bits per heavy atom. The summed E-state index contributed by atoms with van der Waals surface area (Å²) in [5.41, 5.74) is 6.75. The predicted molar refractivity (Wildman–Crippen MR) is 79.1 cm³/mol. The first-order valence-electron chi connectivity index (χ1n) is 7.42. The molecule has 110 valence electrons. The molecule has 1 aromatic rings. The van der Waals surface area contributed by atoms with Gasteiger partial charge in [0.1, 0.15) is 0 Å². The molecule has 1 heterocycles. The zero-order chi connectivity index (χ0) is 14.2. The van der Waals surface area contributed by atoms with Crippen LogP contribution in [0.25, 0.3) is 0 Å². The topological polar surface area (TPSA) is 55.6 Å². The van der Waals surface area contributed by atoms with Crippen molar-refractivity contribution in [2.75, 3.05) is 26.3 Å². The van der Waals surface area contributed by atoms with Gasteiger partial charge in [-0.25, -0.2) is 0 Å². The summed E-state index contributed by atoms with van der Waals surface area (Å²) in [6.07, 6.45) is 2.76. The van der Waals surface area contributed by atoms with E-state index in [1.807, 2.05) is 23.1 Å². The highest BCUT2D eigenvalue weighted by molar-refractivity contribution is 5.79. The SMILES string of the molecule is NCCCN(Cc1ccccc1)C(=O)C1CCCOC1. The smallest absolute Gasteiger partial charge is 0.228 e. The highest BCUT2D eigenvalue weighted by atomic mass is 16.5. The Hall–Kier alpha value is -1.39. The molecule has 4 heteroatoms. The zero-order valence-electron chi connectivity index (χ0n) is 12.0. The Morgan fingerprint density at radius 1 is 1.35 bits per heavy atom. The van der Waals surface area contributed by atoms with E-state index in [-0.39, 0.29) is 11.8 Å². The second-order valence-electron chi connectivity index (χ2n) is 5.30. The second kappa shape index (κ2) is 8.02. The summed E-state index contributed by atoms with van der Waals surface area (Å²) in [5, 5.41) is 0. The van der Waals surface area contributed by atoms with Crippen LogP contribution in [0.5, 0.6) is 0 Å². The quantitative estimate of drug-likeness (QED) is 0.862. The van der Waals surface area contributed by atoms with Crippen molar-refractivity contribution in [2.45, 2.75) is 25.8 Å². The molecule has 20 heavy (non-hydrogen) atoms. The van der Waals surface area contributed by atoms with Crippen molar-refractivity contribution < 1.29 is 9.53 Å². The molecule has 0 bridgehead atoms. The zero-order valence-corrected chi connectivity index (χ0v) is 12.0. The van der Waals surface area contributed by atoms with Gasteiger partial charge in [-0.3, -0.25) is 4.79 Å². The molecule has 1 unspecified atom stereocenters. The van der Waals surface area contributed by atoms with Gasteiger partial charge >= 0.3 is 0 Å². The fourth-order valence-corrected chi connectivity index (χ4v) is 2.55. The van der Waals surface area contributed by atoms with Gasteiger partial charge in [-0.05, 0) is 31.4 Å². The molecule has 1 aliphatic rings. The molecule has 0 saturated carbocycles. The average molecular weight is 276 g/mol. The number of hydrogen-bond donors (Lipinski definition) is 1. The third-order valence-corrected chi connectivity index (χ3v) is 3.67. The fourth-order valence-electron chi connectivity index (χ4n) is 2.55. The molecule has 0 spiro atoms. The first kappa shape index (κ1) is 15.0. The molecule has 0 radical (unpaired) electrons. The van der Waals surface area contributed by atoms with Gasteiger partial charge in [0.05, 0.1) is 12.5 Å². The van der Waals surface area contributed by atoms with E-state index in [2.05, 4.69) is 12.1 Å². The van der Waals surface area contributed by atoms with Crippen molar-refractivity contribution in [1.29, 1.82) is 0 Å². The minimum absolute atomic E-state index is 0.0187. The van der Waals surface area contributed by atoms with Crippen molar-refractivity contribution in [2.24, 2.45) is 11.7 Å². The van der Waals surface area contributed by atoms with Gasteiger partial charge < -0.3 is 15.4 Å². The minimum atomic E-state index is 0.0187. The molecule has 2 rings (SSSR count). The summed E-state index contributed by atoms with van der Waals surface area (Å²) < 4.78 is 5.44. The molecular weight excluding hydrogens is 252 g/mol. The molecule has 1 fully saturated rings. The van der Waals surface area contributed by atoms with Crippen molar-refractivity contribution in [1.82, 2.24) is 4.90 Å². The number of carbonyl (C=O) groups excluding carboxylic acids is 1. The maximum absolute atomic E-state index is 12.6. The lowest BCUT2D eigenvalue weighted by molar-refractivity contribution is -0.140. The van der Waals surface area contributed by atoms with Gasteiger partial charge in [0.15, 0.2) is 0 Å². The Labute approximate surface area is 120 Å². The Morgan fingerprint density at radius 3 is 2.80 bits per heavy atom. The number of carbonyl (C=O) groups is 1. The summed E-state index contributed by atoms with van der Waals surface area (Å²) in [4.78, 5) is 14.5. The fraction of sp³-hybridized carbons (Fsp3) is 0.562. The lowest BCUT2D eigenvalue weighted by Crippen LogP contribution is -2.40. The normalized spacial score (nSPS) is 18.8. The molecular formula is C16H24N2O2. The van der Waals surface area contributed by atoms with Crippen molar-refractivity contribution >= 4 is 5.91 Å². The number of nitrogens with two attached hydrogens (primary N) is 1. The summed E-state index contributed by atoms with van der Waals surface area (Å²) in [5.74, 6) is 0.229. The third kappa shape index (κ3) is 4.32. The maximum Gasteiger partial charge on any atom is 0.228 e. The summed E-state index contributed by atoms with van der Waals surface area (Å²) in [6, 6.07) is 10.1. The Bertz CT molecular complexity index is 402. The van der Waals surface area contributed by atoms with Gasteiger partial charge in [-0.1, -0.05) is 30.3 Å². The maximum atomic E-state index is 12.6. The van der Waals surface area contributed by atoms with Crippen LogP contribution >= 0.6 is 0 Å². The van der Waals surface area contributed by atoms with Crippen molar-refractivity contribution in [3.8, 4) is 0 Å². The monoisotopic (exact) mass is 276 g/mol. The minimum Gasteiger partial charge on any atom is -0.381 e. The van der Waals surface area contributed by atoms with Crippen LogP contribution < -0.4 is 5.73 Å². The van der Waals surface area contributed by atoms with Gasteiger partial charge in [-0.2, -0.15) is 0 Å². The van der Waals surface area contributed by atoms with Gasteiger partial charge in [0.2, 0.25) is 5.91 Å². The number of rotatable bonds is 6. The van der Waals surface area contributed by atoms with Crippen molar-refractivity contribution in [3.63, 3.8) is 0 Å². The summed E-state index contributed by atoms with van der Waals surface area (Å²) in [6.45, 7) is 3.34.